The molecule has 1 rings (SSSR count). The molecule has 1 aliphatic carbocycles. The summed E-state index contributed by atoms with van der Waals surface area (Å²) in [6, 6.07) is 1.47. The van der Waals surface area contributed by atoms with Gasteiger partial charge in [0.1, 0.15) is 0 Å². The molecule has 1 aliphatic rings. The number of nitrogens with one attached hydrogen (secondary N) is 1. The van der Waals surface area contributed by atoms with Crippen molar-refractivity contribution in [3.63, 3.8) is 0 Å². The summed E-state index contributed by atoms with van der Waals surface area (Å²) in [7, 11) is -3.56. The fraction of sp³-hybridized carbons (Fsp3) is 0.909. The summed E-state index contributed by atoms with van der Waals surface area (Å²) in [5, 5.41) is 7.84. The number of sulfonamides is 1. The van der Waals surface area contributed by atoms with Gasteiger partial charge in [0.25, 0.3) is 0 Å². The normalized spacial score (nSPS) is 28.1. The topological polar surface area (TPSA) is 96.0 Å². The van der Waals surface area contributed by atoms with Crippen LogP contribution in [-0.2, 0) is 10.0 Å². The maximum Gasteiger partial charge on any atom is 0.228 e. The molecule has 3 unspecified atom stereocenters. The summed E-state index contributed by atoms with van der Waals surface area (Å²) in [5.41, 5.74) is 5.96. The van der Waals surface area contributed by atoms with Crippen LogP contribution < -0.4 is 10.5 Å². The molecule has 0 bridgehead atoms. The number of hydrogen-bond acceptors (Lipinski definition) is 4. The van der Waals surface area contributed by atoms with E-state index in [0.717, 1.165) is 32.1 Å². The molecule has 3 atom stereocenters. The first-order valence-corrected chi connectivity index (χ1v) is 7.72. The van der Waals surface area contributed by atoms with Gasteiger partial charge in [-0.1, -0.05) is 26.2 Å². The predicted molar refractivity (Wildman–Crippen MR) is 66.6 cm³/mol. The number of rotatable bonds is 4. The first kappa shape index (κ1) is 14.4. The van der Waals surface area contributed by atoms with Crippen LogP contribution in [0.25, 0.3) is 0 Å². The Bertz CT molecular complexity index is 375. The van der Waals surface area contributed by atoms with Gasteiger partial charge in [-0.2, -0.15) is 5.26 Å². The van der Waals surface area contributed by atoms with Crippen molar-refractivity contribution in [2.75, 3.05) is 0 Å². The Balaban J connectivity index is 2.72. The van der Waals surface area contributed by atoms with Crippen molar-refractivity contribution in [1.82, 2.24) is 4.72 Å². The molecule has 0 aromatic carbocycles. The third kappa shape index (κ3) is 3.95. The van der Waals surface area contributed by atoms with Crippen molar-refractivity contribution >= 4 is 10.0 Å². The molecular weight excluding hydrogens is 238 g/mol. The maximum absolute atomic E-state index is 11.9. The summed E-state index contributed by atoms with van der Waals surface area (Å²) < 4.78 is 26.5. The van der Waals surface area contributed by atoms with E-state index in [1.807, 2.05) is 6.07 Å². The van der Waals surface area contributed by atoms with Crippen molar-refractivity contribution in [1.29, 1.82) is 5.26 Å². The first-order valence-electron chi connectivity index (χ1n) is 6.17. The highest BCUT2D eigenvalue weighted by atomic mass is 32.2. The number of nitrogens with two attached hydrogens (primary N) is 1. The zero-order valence-corrected chi connectivity index (χ0v) is 11.0. The molecule has 0 aromatic heterocycles. The average Bonchev–Trinajstić information content (AvgIpc) is 2.45. The SMILES string of the molecule is CCC(C#N)S(=O)(=O)NC1CCCCCC1N. The molecule has 0 aromatic rings. The summed E-state index contributed by atoms with van der Waals surface area (Å²) >= 11 is 0. The highest BCUT2D eigenvalue weighted by Gasteiger charge is 2.29. The maximum atomic E-state index is 11.9. The minimum Gasteiger partial charge on any atom is -0.326 e. The van der Waals surface area contributed by atoms with Gasteiger partial charge in [-0.15, -0.1) is 0 Å². The Morgan fingerprint density at radius 2 is 2.06 bits per heavy atom. The van der Waals surface area contributed by atoms with Crippen molar-refractivity contribution in [2.24, 2.45) is 5.73 Å². The van der Waals surface area contributed by atoms with Crippen molar-refractivity contribution in [3.05, 3.63) is 0 Å². The lowest BCUT2D eigenvalue weighted by Gasteiger charge is -2.23. The second-order valence-corrected chi connectivity index (χ2v) is 6.49. The van der Waals surface area contributed by atoms with Crippen LogP contribution in [0, 0.1) is 11.3 Å². The largest absolute Gasteiger partial charge is 0.326 e. The highest BCUT2D eigenvalue weighted by molar-refractivity contribution is 7.90. The zero-order valence-electron chi connectivity index (χ0n) is 10.2. The minimum atomic E-state index is -3.56. The van der Waals surface area contributed by atoms with Crippen LogP contribution >= 0.6 is 0 Å². The van der Waals surface area contributed by atoms with Gasteiger partial charge in [-0.3, -0.25) is 0 Å². The van der Waals surface area contributed by atoms with E-state index < -0.39 is 15.3 Å². The standard InChI is InChI=1S/C11H21N3O2S/c1-2-9(8-12)17(15,16)14-11-7-5-3-4-6-10(11)13/h9-11,14H,2-7,13H2,1H3. The molecular formula is C11H21N3O2S. The molecule has 3 N–H and O–H groups in total. The van der Waals surface area contributed by atoms with Gasteiger partial charge in [0.2, 0.25) is 10.0 Å². The molecule has 0 amide bonds. The van der Waals surface area contributed by atoms with Crippen molar-refractivity contribution in [2.45, 2.75) is 62.8 Å². The van der Waals surface area contributed by atoms with E-state index in [2.05, 4.69) is 4.72 Å². The van der Waals surface area contributed by atoms with Crippen LogP contribution in [0.5, 0.6) is 0 Å². The van der Waals surface area contributed by atoms with E-state index in [1.165, 1.54) is 0 Å². The van der Waals surface area contributed by atoms with Crippen LogP contribution in [0.2, 0.25) is 0 Å². The smallest absolute Gasteiger partial charge is 0.228 e. The fourth-order valence-corrected chi connectivity index (χ4v) is 3.61. The number of nitriles is 1. The van der Waals surface area contributed by atoms with Gasteiger partial charge in [0, 0.05) is 12.1 Å². The van der Waals surface area contributed by atoms with E-state index in [0.29, 0.717) is 6.42 Å². The van der Waals surface area contributed by atoms with Crippen molar-refractivity contribution < 1.29 is 8.42 Å². The van der Waals surface area contributed by atoms with Gasteiger partial charge in [-0.25, -0.2) is 13.1 Å². The molecule has 98 valence electrons. The number of nitrogens with zero attached hydrogens (tertiary/aromatic N) is 1. The number of hydrogen-bond donors (Lipinski definition) is 2. The molecule has 1 fully saturated rings. The second-order valence-electron chi connectivity index (χ2n) is 4.60. The monoisotopic (exact) mass is 259 g/mol. The molecule has 5 nitrogen and oxygen atoms in total. The predicted octanol–water partition coefficient (Wildman–Crippen LogP) is 0.868. The average molecular weight is 259 g/mol. The van der Waals surface area contributed by atoms with Crippen LogP contribution in [-0.4, -0.2) is 25.8 Å². The molecule has 0 heterocycles. The molecule has 6 heteroatoms. The molecule has 0 aliphatic heterocycles. The van der Waals surface area contributed by atoms with E-state index in [9.17, 15) is 8.42 Å². The van der Waals surface area contributed by atoms with E-state index in [1.54, 1.807) is 6.92 Å². The lowest BCUT2D eigenvalue weighted by molar-refractivity contribution is 0.454. The summed E-state index contributed by atoms with van der Waals surface area (Å²) in [5.74, 6) is 0. The Kier molecular flexibility index (Phi) is 5.37. The Morgan fingerprint density at radius 1 is 1.41 bits per heavy atom. The van der Waals surface area contributed by atoms with Gasteiger partial charge in [0.05, 0.1) is 6.07 Å². The van der Waals surface area contributed by atoms with Gasteiger partial charge < -0.3 is 5.73 Å². The van der Waals surface area contributed by atoms with Gasteiger partial charge in [0.15, 0.2) is 5.25 Å². The first-order chi connectivity index (χ1) is 8.01. The molecule has 0 spiro atoms. The van der Waals surface area contributed by atoms with Crippen LogP contribution in [0.15, 0.2) is 0 Å². The Hall–Kier alpha value is -0.640. The molecule has 0 radical (unpaired) electrons. The molecule has 17 heavy (non-hydrogen) atoms. The van der Waals surface area contributed by atoms with Crippen LogP contribution in [0.3, 0.4) is 0 Å². The minimum absolute atomic E-state index is 0.136. The summed E-state index contributed by atoms with van der Waals surface area (Å²) in [6.07, 6.45) is 5.05. The fourth-order valence-electron chi connectivity index (χ4n) is 2.16. The zero-order chi connectivity index (χ0) is 12.9. The third-order valence-electron chi connectivity index (χ3n) is 3.27. The summed E-state index contributed by atoms with van der Waals surface area (Å²) in [4.78, 5) is 0. The third-order valence-corrected chi connectivity index (χ3v) is 5.09. The summed E-state index contributed by atoms with van der Waals surface area (Å²) in [6.45, 7) is 1.69. The Labute approximate surface area is 103 Å². The molecule has 0 saturated heterocycles. The van der Waals surface area contributed by atoms with E-state index in [-0.39, 0.29) is 12.1 Å². The van der Waals surface area contributed by atoms with Gasteiger partial charge in [-0.05, 0) is 19.3 Å². The van der Waals surface area contributed by atoms with Gasteiger partial charge >= 0.3 is 0 Å². The highest BCUT2D eigenvalue weighted by Crippen LogP contribution is 2.18. The van der Waals surface area contributed by atoms with Crippen LogP contribution in [0.1, 0.15) is 45.4 Å². The molecule has 1 saturated carbocycles. The second kappa shape index (κ2) is 6.34. The lowest BCUT2D eigenvalue weighted by atomic mass is 10.1. The lowest BCUT2D eigenvalue weighted by Crippen LogP contribution is -2.49. The quantitative estimate of drug-likeness (QED) is 0.732. The van der Waals surface area contributed by atoms with E-state index in [4.69, 9.17) is 11.0 Å². The van der Waals surface area contributed by atoms with Crippen LogP contribution in [0.4, 0.5) is 0 Å². The van der Waals surface area contributed by atoms with E-state index >= 15 is 0 Å². The van der Waals surface area contributed by atoms with Crippen molar-refractivity contribution in [3.8, 4) is 6.07 Å². The Morgan fingerprint density at radius 3 is 2.65 bits per heavy atom.